The number of aromatic nitrogens is 1. The molecule has 4 rings (SSSR count). The maximum atomic E-state index is 13.2. The molecule has 2 aromatic carbocycles. The lowest BCUT2D eigenvalue weighted by Crippen LogP contribution is -2.44. The molecule has 1 aliphatic rings. The fraction of sp³-hybridized carbons (Fsp3) is 0.370. The Hall–Kier alpha value is -3.19. The molecule has 0 saturated heterocycles. The number of nitrogens with zero attached hydrogens (tertiary/aromatic N) is 2. The number of anilines is 2. The van der Waals surface area contributed by atoms with E-state index in [1.807, 2.05) is 71.9 Å². The van der Waals surface area contributed by atoms with Crippen LogP contribution in [0.2, 0.25) is 0 Å². The van der Waals surface area contributed by atoms with Gasteiger partial charge in [0.15, 0.2) is 5.13 Å². The van der Waals surface area contributed by atoms with Gasteiger partial charge < -0.3 is 16.0 Å². The van der Waals surface area contributed by atoms with E-state index in [4.69, 9.17) is 5.73 Å². The Morgan fingerprint density at radius 2 is 1.79 bits per heavy atom. The highest BCUT2D eigenvalue weighted by Crippen LogP contribution is 2.27. The molecule has 0 spiro atoms. The zero-order valence-electron chi connectivity index (χ0n) is 19.6. The van der Waals surface area contributed by atoms with E-state index >= 15 is 0 Å². The number of rotatable bonds is 8. The van der Waals surface area contributed by atoms with Gasteiger partial charge in [-0.3, -0.25) is 9.59 Å². The normalized spacial score (nSPS) is 15.0. The predicted octanol–water partition coefficient (Wildman–Crippen LogP) is 5.37. The number of hydrogen-bond donors (Lipinski definition) is 2. The number of thiazole rings is 1. The molecule has 0 unspecified atom stereocenters. The minimum Gasteiger partial charge on any atom is -0.375 e. The van der Waals surface area contributed by atoms with Gasteiger partial charge in [0.2, 0.25) is 11.8 Å². The Bertz CT molecular complexity index is 1090. The minimum absolute atomic E-state index is 0.0763. The molecule has 2 amide bonds. The van der Waals surface area contributed by atoms with Gasteiger partial charge in [0, 0.05) is 42.1 Å². The fourth-order valence-corrected chi connectivity index (χ4v) is 5.19. The average Bonchev–Trinajstić information content (AvgIpc) is 3.30. The highest BCUT2D eigenvalue weighted by atomic mass is 32.1. The number of nitrogens with two attached hydrogens (primary N) is 1. The van der Waals surface area contributed by atoms with Gasteiger partial charge in [-0.2, -0.15) is 0 Å². The van der Waals surface area contributed by atoms with E-state index in [2.05, 4.69) is 10.3 Å². The number of nitrogens with one attached hydrogen (secondary N) is 1. The second kappa shape index (κ2) is 11.3. The number of hydrogen-bond acceptors (Lipinski definition) is 5. The van der Waals surface area contributed by atoms with Crippen molar-refractivity contribution in [1.29, 1.82) is 0 Å². The highest BCUT2D eigenvalue weighted by molar-refractivity contribution is 7.13. The predicted molar refractivity (Wildman–Crippen MR) is 138 cm³/mol. The van der Waals surface area contributed by atoms with Gasteiger partial charge in [0.05, 0.1) is 5.69 Å². The molecule has 1 aromatic heterocycles. The van der Waals surface area contributed by atoms with Gasteiger partial charge in [0.1, 0.15) is 0 Å². The van der Waals surface area contributed by atoms with Crippen LogP contribution in [-0.2, 0) is 16.0 Å². The average molecular weight is 477 g/mol. The van der Waals surface area contributed by atoms with Crippen LogP contribution in [0.1, 0.15) is 44.1 Å². The van der Waals surface area contributed by atoms with Crippen molar-refractivity contribution in [2.45, 2.75) is 51.0 Å². The summed E-state index contributed by atoms with van der Waals surface area (Å²) < 4.78 is 0. The van der Waals surface area contributed by atoms with E-state index in [0.29, 0.717) is 11.6 Å². The summed E-state index contributed by atoms with van der Waals surface area (Å²) in [6.45, 7) is 0. The Labute approximate surface area is 205 Å². The molecule has 6 nitrogen and oxygen atoms in total. The summed E-state index contributed by atoms with van der Waals surface area (Å²) in [5.41, 5.74) is 9.34. The summed E-state index contributed by atoms with van der Waals surface area (Å²) in [4.78, 5) is 32.3. The minimum atomic E-state index is -0.200. The molecule has 1 atom stereocenters. The van der Waals surface area contributed by atoms with Gasteiger partial charge in [-0.05, 0) is 37.0 Å². The van der Waals surface area contributed by atoms with Crippen LogP contribution in [-0.4, -0.2) is 34.8 Å². The number of benzene rings is 2. The molecular weight excluding hydrogens is 444 g/mol. The summed E-state index contributed by atoms with van der Waals surface area (Å²) in [6, 6.07) is 17.4. The van der Waals surface area contributed by atoms with E-state index in [1.54, 1.807) is 0 Å². The van der Waals surface area contributed by atoms with Crippen LogP contribution in [0.5, 0.6) is 0 Å². The van der Waals surface area contributed by atoms with Crippen molar-refractivity contribution < 1.29 is 9.59 Å². The monoisotopic (exact) mass is 476 g/mol. The quantitative estimate of drug-likeness (QED) is 0.457. The number of nitrogen functional groups attached to an aromatic ring is 1. The van der Waals surface area contributed by atoms with Crippen molar-refractivity contribution in [2.75, 3.05) is 18.1 Å². The lowest BCUT2D eigenvalue weighted by molar-refractivity contribution is -0.137. The van der Waals surface area contributed by atoms with Crippen LogP contribution >= 0.6 is 11.3 Å². The third kappa shape index (κ3) is 6.23. The van der Waals surface area contributed by atoms with E-state index in [9.17, 15) is 9.59 Å². The number of carbonyl (C=O) groups excluding carboxylic acids is 2. The van der Waals surface area contributed by atoms with Crippen molar-refractivity contribution >= 4 is 34.0 Å². The molecular formula is C27H32N4O2S. The Morgan fingerprint density at radius 1 is 1.09 bits per heavy atom. The van der Waals surface area contributed by atoms with Crippen LogP contribution in [0.15, 0.2) is 60.0 Å². The lowest BCUT2D eigenvalue weighted by atomic mass is 9.87. The first-order valence-corrected chi connectivity index (χ1v) is 12.8. The Kier molecular flexibility index (Phi) is 7.95. The van der Waals surface area contributed by atoms with Crippen LogP contribution in [0.25, 0.3) is 11.3 Å². The first kappa shape index (κ1) is 24.0. The van der Waals surface area contributed by atoms with Gasteiger partial charge in [0.25, 0.3) is 0 Å². The highest BCUT2D eigenvalue weighted by Gasteiger charge is 2.29. The molecule has 3 aromatic rings. The summed E-state index contributed by atoms with van der Waals surface area (Å²) >= 11 is 1.40. The molecule has 0 aliphatic heterocycles. The van der Waals surface area contributed by atoms with Gasteiger partial charge >= 0.3 is 0 Å². The number of carbonyl (C=O) groups is 2. The summed E-state index contributed by atoms with van der Waals surface area (Å²) in [7, 11) is 1.85. The molecule has 0 radical (unpaired) electrons. The maximum absolute atomic E-state index is 13.2. The molecule has 1 saturated carbocycles. The summed E-state index contributed by atoms with van der Waals surface area (Å²) in [5, 5.41) is 5.44. The maximum Gasteiger partial charge on any atom is 0.226 e. The first-order chi connectivity index (χ1) is 16.5. The third-order valence-electron chi connectivity index (χ3n) is 6.57. The van der Waals surface area contributed by atoms with E-state index in [-0.39, 0.29) is 30.2 Å². The molecule has 34 heavy (non-hydrogen) atoms. The van der Waals surface area contributed by atoms with Gasteiger partial charge in [-0.25, -0.2) is 4.98 Å². The summed E-state index contributed by atoms with van der Waals surface area (Å²) in [6.07, 6.45) is 6.21. The zero-order valence-corrected chi connectivity index (χ0v) is 20.4. The molecule has 178 valence electrons. The summed E-state index contributed by atoms with van der Waals surface area (Å²) in [5.74, 6) is 0.141. The van der Waals surface area contributed by atoms with Crippen molar-refractivity contribution in [3.63, 3.8) is 0 Å². The Morgan fingerprint density at radius 3 is 2.44 bits per heavy atom. The smallest absolute Gasteiger partial charge is 0.226 e. The number of amides is 2. The SMILES string of the molecule is CN(C(=O)C1CCCCC1)[C@H](CC(=O)Nc1ccc(-c2csc(N)n2)cc1)Cc1ccccc1. The van der Waals surface area contributed by atoms with E-state index < -0.39 is 0 Å². The van der Waals surface area contributed by atoms with Gasteiger partial charge in [-0.1, -0.05) is 61.7 Å². The third-order valence-corrected chi connectivity index (χ3v) is 7.25. The lowest BCUT2D eigenvalue weighted by Gasteiger charge is -2.32. The van der Waals surface area contributed by atoms with Crippen LogP contribution in [0, 0.1) is 5.92 Å². The largest absolute Gasteiger partial charge is 0.375 e. The second-order valence-corrected chi connectivity index (χ2v) is 9.92. The number of likely N-dealkylation sites (N-methyl/N-ethyl adjacent to an activating group) is 1. The second-order valence-electron chi connectivity index (χ2n) is 9.03. The topological polar surface area (TPSA) is 88.3 Å². The molecule has 7 heteroatoms. The van der Waals surface area contributed by atoms with Crippen molar-refractivity contribution in [1.82, 2.24) is 9.88 Å². The molecule has 3 N–H and O–H groups in total. The fourth-order valence-electron chi connectivity index (χ4n) is 4.62. The zero-order chi connectivity index (χ0) is 23.9. The van der Waals surface area contributed by atoms with E-state index in [0.717, 1.165) is 48.2 Å². The van der Waals surface area contributed by atoms with E-state index in [1.165, 1.54) is 17.8 Å². The van der Waals surface area contributed by atoms with Crippen LogP contribution in [0.4, 0.5) is 10.8 Å². The van der Waals surface area contributed by atoms with Crippen molar-refractivity contribution in [3.05, 3.63) is 65.5 Å². The Balaban J connectivity index is 1.43. The van der Waals surface area contributed by atoms with Crippen LogP contribution in [0.3, 0.4) is 0 Å². The van der Waals surface area contributed by atoms with Crippen molar-refractivity contribution in [3.8, 4) is 11.3 Å². The van der Waals surface area contributed by atoms with Gasteiger partial charge in [-0.15, -0.1) is 11.3 Å². The molecule has 1 aliphatic carbocycles. The standard InChI is InChI=1S/C27H32N4O2S/c1-31(26(33)21-10-6-3-7-11-21)23(16-19-8-4-2-5-9-19)17-25(32)29-22-14-12-20(13-15-22)24-18-34-27(28)30-24/h2,4-5,8-9,12-15,18,21,23H,3,6-7,10-11,16-17H2,1H3,(H2,28,30)(H,29,32)/t23-/m0/s1. The molecule has 1 fully saturated rings. The first-order valence-electron chi connectivity index (χ1n) is 11.9. The van der Waals surface area contributed by atoms with Crippen LogP contribution < -0.4 is 11.1 Å². The van der Waals surface area contributed by atoms with Crippen molar-refractivity contribution in [2.24, 2.45) is 5.92 Å². The molecule has 1 heterocycles. The molecule has 0 bridgehead atoms.